The Hall–Kier alpha value is -2.79. The van der Waals surface area contributed by atoms with Crippen molar-refractivity contribution in [3.63, 3.8) is 0 Å². The molecule has 0 fully saturated rings. The normalized spacial score (nSPS) is 14.2. The summed E-state index contributed by atoms with van der Waals surface area (Å²) in [5, 5.41) is 6.05. The highest BCUT2D eigenvalue weighted by Gasteiger charge is 2.23. The first kappa shape index (κ1) is 17.0. The molecule has 0 unspecified atom stereocenters. The fraction of sp³-hybridized carbons (Fsp3) is 0.158. The minimum atomic E-state index is -0.161. The van der Waals surface area contributed by atoms with Crippen molar-refractivity contribution in [3.05, 3.63) is 58.6 Å². The van der Waals surface area contributed by atoms with Crippen LogP contribution in [-0.2, 0) is 9.59 Å². The highest BCUT2D eigenvalue weighted by atomic mass is 35.5. The second kappa shape index (κ2) is 7.40. The van der Waals surface area contributed by atoms with E-state index in [0.717, 1.165) is 11.1 Å². The molecule has 128 valence electrons. The number of ether oxygens (including phenoxy) is 1. The predicted molar refractivity (Wildman–Crippen MR) is 98.6 cm³/mol. The van der Waals surface area contributed by atoms with Crippen molar-refractivity contribution in [2.24, 2.45) is 0 Å². The molecule has 0 aliphatic carbocycles. The lowest BCUT2D eigenvalue weighted by molar-refractivity contribution is -0.123. The number of rotatable bonds is 5. The number of halogens is 1. The van der Waals surface area contributed by atoms with Crippen LogP contribution in [0.25, 0.3) is 11.6 Å². The Kier molecular flexibility index (Phi) is 5.05. The third kappa shape index (κ3) is 4.00. The molecule has 0 aromatic heterocycles. The highest BCUT2D eigenvalue weighted by Crippen LogP contribution is 2.34. The van der Waals surface area contributed by atoms with Crippen molar-refractivity contribution in [2.45, 2.75) is 6.92 Å². The SMILES string of the molecule is CCNC(=O)COc1ccc(C=C2C(=O)Nc3cc(Cl)ccc32)cc1. The standard InChI is InChI=1S/C19H17ClN2O3/c1-2-21-18(23)11-25-14-6-3-12(4-7-14)9-16-15-8-5-13(20)10-17(15)22-19(16)24/h3-10H,2,11H2,1H3,(H,21,23)(H,22,24). The summed E-state index contributed by atoms with van der Waals surface area (Å²) in [5.74, 6) is 0.275. The van der Waals surface area contributed by atoms with Gasteiger partial charge in [-0.1, -0.05) is 29.8 Å². The summed E-state index contributed by atoms with van der Waals surface area (Å²) in [4.78, 5) is 23.6. The molecule has 5 nitrogen and oxygen atoms in total. The molecule has 0 bridgehead atoms. The lowest BCUT2D eigenvalue weighted by Crippen LogP contribution is -2.28. The average Bonchev–Trinajstić information content (AvgIpc) is 2.89. The van der Waals surface area contributed by atoms with E-state index in [1.807, 2.05) is 31.2 Å². The molecular weight excluding hydrogens is 340 g/mol. The Morgan fingerprint density at radius 3 is 2.72 bits per heavy atom. The Bertz CT molecular complexity index is 844. The number of hydrogen-bond donors (Lipinski definition) is 2. The van der Waals surface area contributed by atoms with E-state index in [0.29, 0.717) is 28.6 Å². The van der Waals surface area contributed by atoms with Gasteiger partial charge in [-0.15, -0.1) is 0 Å². The molecule has 2 amide bonds. The van der Waals surface area contributed by atoms with E-state index < -0.39 is 0 Å². The number of benzene rings is 2. The van der Waals surface area contributed by atoms with Crippen molar-refractivity contribution in [2.75, 3.05) is 18.5 Å². The summed E-state index contributed by atoms with van der Waals surface area (Å²) in [5.41, 5.74) is 2.98. The van der Waals surface area contributed by atoms with Gasteiger partial charge < -0.3 is 15.4 Å². The highest BCUT2D eigenvalue weighted by molar-refractivity contribution is 6.36. The van der Waals surface area contributed by atoms with Gasteiger partial charge in [-0.2, -0.15) is 0 Å². The van der Waals surface area contributed by atoms with Gasteiger partial charge >= 0.3 is 0 Å². The second-order valence-corrected chi connectivity index (χ2v) is 5.95. The number of fused-ring (bicyclic) bond motifs is 1. The molecule has 25 heavy (non-hydrogen) atoms. The first-order valence-corrected chi connectivity index (χ1v) is 8.27. The number of likely N-dealkylation sites (N-methyl/N-ethyl adjacent to an activating group) is 1. The summed E-state index contributed by atoms with van der Waals surface area (Å²) in [6.07, 6.45) is 1.81. The molecule has 1 aliphatic rings. The van der Waals surface area contributed by atoms with Crippen molar-refractivity contribution in [1.82, 2.24) is 5.32 Å². The van der Waals surface area contributed by atoms with Crippen LogP contribution in [0.15, 0.2) is 42.5 Å². The molecular formula is C19H17ClN2O3. The van der Waals surface area contributed by atoms with Crippen molar-refractivity contribution in [3.8, 4) is 5.75 Å². The zero-order chi connectivity index (χ0) is 17.8. The van der Waals surface area contributed by atoms with Crippen molar-refractivity contribution < 1.29 is 14.3 Å². The summed E-state index contributed by atoms with van der Waals surface area (Å²) < 4.78 is 5.41. The Balaban J connectivity index is 1.74. The monoisotopic (exact) mass is 356 g/mol. The van der Waals surface area contributed by atoms with Crippen LogP contribution in [0.4, 0.5) is 5.69 Å². The maximum Gasteiger partial charge on any atom is 0.257 e. The van der Waals surface area contributed by atoms with E-state index in [4.69, 9.17) is 16.3 Å². The molecule has 0 saturated heterocycles. The lowest BCUT2D eigenvalue weighted by atomic mass is 10.0. The van der Waals surface area contributed by atoms with Crippen LogP contribution in [0, 0.1) is 0 Å². The Morgan fingerprint density at radius 1 is 1.24 bits per heavy atom. The number of carbonyl (C=O) groups is 2. The molecule has 0 atom stereocenters. The van der Waals surface area contributed by atoms with E-state index >= 15 is 0 Å². The molecule has 2 aromatic carbocycles. The molecule has 2 N–H and O–H groups in total. The fourth-order valence-electron chi connectivity index (χ4n) is 2.53. The van der Waals surface area contributed by atoms with Crippen LogP contribution >= 0.6 is 11.6 Å². The van der Waals surface area contributed by atoms with E-state index in [9.17, 15) is 9.59 Å². The van der Waals surface area contributed by atoms with Crippen LogP contribution in [0.2, 0.25) is 5.02 Å². The molecule has 6 heteroatoms. The van der Waals surface area contributed by atoms with Gasteiger partial charge in [-0.25, -0.2) is 0 Å². The number of nitrogens with one attached hydrogen (secondary N) is 2. The van der Waals surface area contributed by atoms with Gasteiger partial charge in [0.25, 0.3) is 11.8 Å². The third-order valence-corrected chi connectivity index (χ3v) is 3.93. The lowest BCUT2D eigenvalue weighted by Gasteiger charge is -2.06. The van der Waals surface area contributed by atoms with Crippen LogP contribution in [0.5, 0.6) is 5.75 Å². The predicted octanol–water partition coefficient (Wildman–Crippen LogP) is 3.35. The molecule has 2 aromatic rings. The largest absolute Gasteiger partial charge is 0.484 e. The first-order chi connectivity index (χ1) is 12.1. The fourth-order valence-corrected chi connectivity index (χ4v) is 2.71. The van der Waals surface area contributed by atoms with E-state index in [-0.39, 0.29) is 18.4 Å². The summed E-state index contributed by atoms with van der Waals surface area (Å²) in [6.45, 7) is 2.40. The minimum Gasteiger partial charge on any atom is -0.484 e. The molecule has 0 saturated carbocycles. The number of anilines is 1. The molecule has 1 aliphatic heterocycles. The smallest absolute Gasteiger partial charge is 0.257 e. The molecule has 0 spiro atoms. The summed E-state index contributed by atoms with van der Waals surface area (Å²) in [6, 6.07) is 12.5. The third-order valence-electron chi connectivity index (χ3n) is 3.70. The zero-order valence-electron chi connectivity index (χ0n) is 13.6. The maximum absolute atomic E-state index is 12.2. The van der Waals surface area contributed by atoms with Gasteiger partial charge in [-0.05, 0) is 42.8 Å². The van der Waals surface area contributed by atoms with Crippen molar-refractivity contribution >= 4 is 40.8 Å². The summed E-state index contributed by atoms with van der Waals surface area (Å²) in [7, 11) is 0. The number of amides is 2. The van der Waals surface area contributed by atoms with Crippen LogP contribution in [0.3, 0.4) is 0 Å². The molecule has 3 rings (SSSR count). The Morgan fingerprint density at radius 2 is 2.00 bits per heavy atom. The van der Waals surface area contributed by atoms with Gasteiger partial charge in [0.2, 0.25) is 0 Å². The van der Waals surface area contributed by atoms with Gasteiger partial charge in [0.15, 0.2) is 6.61 Å². The van der Waals surface area contributed by atoms with Gasteiger partial charge in [0, 0.05) is 22.7 Å². The average molecular weight is 357 g/mol. The van der Waals surface area contributed by atoms with Crippen molar-refractivity contribution in [1.29, 1.82) is 0 Å². The van der Waals surface area contributed by atoms with Crippen LogP contribution < -0.4 is 15.4 Å². The summed E-state index contributed by atoms with van der Waals surface area (Å²) >= 11 is 5.95. The van der Waals surface area contributed by atoms with E-state index in [2.05, 4.69) is 10.6 Å². The molecule has 1 heterocycles. The number of carbonyl (C=O) groups excluding carboxylic acids is 2. The second-order valence-electron chi connectivity index (χ2n) is 5.51. The van der Waals surface area contributed by atoms with E-state index in [1.165, 1.54) is 0 Å². The minimum absolute atomic E-state index is 0.0230. The van der Waals surface area contributed by atoms with Crippen LogP contribution in [0.1, 0.15) is 18.1 Å². The quantitative estimate of drug-likeness (QED) is 0.807. The first-order valence-electron chi connectivity index (χ1n) is 7.89. The Labute approximate surface area is 150 Å². The molecule has 0 radical (unpaired) electrons. The van der Waals surface area contributed by atoms with Crippen LogP contribution in [-0.4, -0.2) is 25.0 Å². The maximum atomic E-state index is 12.2. The van der Waals surface area contributed by atoms with Gasteiger partial charge in [0.1, 0.15) is 5.75 Å². The van der Waals surface area contributed by atoms with Gasteiger partial charge in [-0.3, -0.25) is 9.59 Å². The topological polar surface area (TPSA) is 67.4 Å². The number of hydrogen-bond acceptors (Lipinski definition) is 3. The zero-order valence-corrected chi connectivity index (χ0v) is 14.4. The van der Waals surface area contributed by atoms with Gasteiger partial charge in [0.05, 0.1) is 5.69 Å². The van der Waals surface area contributed by atoms with E-state index in [1.54, 1.807) is 24.3 Å².